The van der Waals surface area contributed by atoms with Crippen LogP contribution in [0, 0.1) is 11.6 Å². The smallest absolute Gasteiger partial charge is 0.342 e. The highest BCUT2D eigenvalue weighted by Crippen LogP contribution is 2.39. The van der Waals surface area contributed by atoms with Gasteiger partial charge in [-0.2, -0.15) is 13.2 Å². The van der Waals surface area contributed by atoms with Gasteiger partial charge in [0.05, 0.1) is 27.7 Å². The third-order valence-corrected chi connectivity index (χ3v) is 6.64. The van der Waals surface area contributed by atoms with Gasteiger partial charge in [-0.25, -0.2) is 13.8 Å². The lowest BCUT2D eigenvalue weighted by Gasteiger charge is -2.28. The van der Waals surface area contributed by atoms with Crippen molar-refractivity contribution in [2.75, 3.05) is 5.32 Å². The molecule has 3 heterocycles. The van der Waals surface area contributed by atoms with Crippen LogP contribution in [0.3, 0.4) is 0 Å². The second-order valence-electron chi connectivity index (χ2n) is 7.97. The predicted octanol–water partition coefficient (Wildman–Crippen LogP) is 5.43. The van der Waals surface area contributed by atoms with E-state index >= 15 is 0 Å². The zero-order valence-corrected chi connectivity index (χ0v) is 19.8. The van der Waals surface area contributed by atoms with Crippen LogP contribution in [0.5, 0.6) is 0 Å². The number of anilines is 1. The summed E-state index contributed by atoms with van der Waals surface area (Å²) in [6.07, 6.45) is -3.40. The Morgan fingerprint density at radius 2 is 1.95 bits per heavy atom. The van der Waals surface area contributed by atoms with Gasteiger partial charge >= 0.3 is 6.18 Å². The van der Waals surface area contributed by atoms with Crippen LogP contribution in [0.15, 0.2) is 48.1 Å². The third kappa shape index (κ3) is 4.79. The van der Waals surface area contributed by atoms with E-state index in [1.165, 1.54) is 33.7 Å². The van der Waals surface area contributed by atoms with Gasteiger partial charge in [-0.15, -0.1) is 11.3 Å². The number of fused-ring (bicyclic) bond motifs is 1. The molecule has 1 unspecified atom stereocenters. The number of rotatable bonds is 4. The van der Waals surface area contributed by atoms with E-state index in [0.29, 0.717) is 17.0 Å². The fourth-order valence-electron chi connectivity index (χ4n) is 3.97. The number of nitrogens with one attached hydrogen (secondary N) is 2. The van der Waals surface area contributed by atoms with Crippen molar-refractivity contribution >= 4 is 40.6 Å². The summed E-state index contributed by atoms with van der Waals surface area (Å²) in [5, 5.41) is 5.21. The van der Waals surface area contributed by atoms with Crippen LogP contribution in [0.25, 0.3) is 10.7 Å². The fourth-order valence-corrected chi connectivity index (χ4v) is 4.81. The largest absolute Gasteiger partial charge is 0.416 e. The minimum Gasteiger partial charge on any atom is -0.342 e. The summed E-state index contributed by atoms with van der Waals surface area (Å²) in [5.74, 6) is -3.35. The zero-order chi connectivity index (χ0) is 26.5. The number of carbonyl (C=O) groups excluding carboxylic acids is 2. The normalized spacial score (nSPS) is 15.3. The van der Waals surface area contributed by atoms with Gasteiger partial charge in [0, 0.05) is 22.3 Å². The number of aromatic nitrogens is 3. The van der Waals surface area contributed by atoms with Crippen molar-refractivity contribution in [2.45, 2.75) is 18.8 Å². The molecule has 1 atom stereocenters. The molecular formula is C23H13ClF5N5O2S. The molecule has 0 aliphatic carbocycles. The first kappa shape index (κ1) is 24.8. The minimum atomic E-state index is -4.88. The molecule has 4 aromatic rings. The molecule has 2 aromatic carbocycles. The maximum atomic E-state index is 14.1. The summed E-state index contributed by atoms with van der Waals surface area (Å²) in [4.78, 5) is 34.5. The highest BCUT2D eigenvalue weighted by Gasteiger charge is 2.36. The van der Waals surface area contributed by atoms with Gasteiger partial charge < -0.3 is 15.2 Å². The molecule has 37 heavy (non-hydrogen) atoms. The molecule has 0 radical (unpaired) electrons. The topological polar surface area (TPSA) is 88.9 Å². The number of imidazole rings is 1. The van der Waals surface area contributed by atoms with Crippen molar-refractivity contribution in [3.63, 3.8) is 0 Å². The van der Waals surface area contributed by atoms with E-state index in [-0.39, 0.29) is 40.5 Å². The number of hydrogen-bond acceptors (Lipinski definition) is 5. The standard InChI is InChI=1S/C23H13ClF5N5O2S/c24-15-2-1-12(25)6-14(15)18-19-20(32-21(16-7-30-9-37-16)34(19)8-17(35)31-18)33-22(36)10-3-11(23(27,28)29)5-13(26)4-10/h1-7,9,18H,8H2,(H,31,35)(H,33,36). The number of benzene rings is 2. The molecule has 0 bridgehead atoms. The Bertz CT molecular complexity index is 1540. The minimum absolute atomic E-state index is 0.109. The number of nitrogens with zero attached hydrogens (tertiary/aromatic N) is 3. The van der Waals surface area contributed by atoms with E-state index in [2.05, 4.69) is 20.6 Å². The molecule has 0 saturated carbocycles. The van der Waals surface area contributed by atoms with E-state index in [0.717, 1.165) is 12.1 Å². The number of halogens is 6. The number of thiazole rings is 1. The van der Waals surface area contributed by atoms with E-state index in [9.17, 15) is 31.5 Å². The molecule has 190 valence electrons. The SMILES string of the molecule is O=C1Cn2c(-c3cncs3)nc(NC(=O)c3cc(F)cc(C(F)(F)F)c3)c2C(c2cc(F)ccc2Cl)N1. The van der Waals surface area contributed by atoms with Crippen LogP contribution in [-0.2, 0) is 17.5 Å². The lowest BCUT2D eigenvalue weighted by molar-refractivity contribution is -0.137. The molecule has 0 fully saturated rings. The highest BCUT2D eigenvalue weighted by molar-refractivity contribution is 7.13. The second-order valence-corrected chi connectivity index (χ2v) is 9.26. The Kier molecular flexibility index (Phi) is 6.20. The molecule has 2 N–H and O–H groups in total. The molecule has 5 rings (SSSR count). The van der Waals surface area contributed by atoms with E-state index in [4.69, 9.17) is 11.6 Å². The van der Waals surface area contributed by atoms with Crippen LogP contribution in [-0.4, -0.2) is 26.3 Å². The van der Waals surface area contributed by atoms with Crippen LogP contribution >= 0.6 is 22.9 Å². The average molecular weight is 554 g/mol. The quantitative estimate of drug-likeness (QED) is 0.330. The Morgan fingerprint density at radius 1 is 1.16 bits per heavy atom. The Balaban J connectivity index is 1.64. The van der Waals surface area contributed by atoms with Gasteiger partial charge in [-0.05, 0) is 36.4 Å². The monoisotopic (exact) mass is 553 g/mol. The maximum absolute atomic E-state index is 14.1. The number of carbonyl (C=O) groups is 2. The highest BCUT2D eigenvalue weighted by atomic mass is 35.5. The molecule has 1 aliphatic heterocycles. The van der Waals surface area contributed by atoms with Crippen molar-refractivity contribution in [3.8, 4) is 10.7 Å². The maximum Gasteiger partial charge on any atom is 0.416 e. The predicted molar refractivity (Wildman–Crippen MR) is 124 cm³/mol. The first-order valence-corrected chi connectivity index (χ1v) is 11.7. The lowest BCUT2D eigenvalue weighted by Crippen LogP contribution is -2.39. The van der Waals surface area contributed by atoms with Gasteiger partial charge in [0.2, 0.25) is 5.91 Å². The molecule has 14 heteroatoms. The number of hydrogen-bond donors (Lipinski definition) is 2. The van der Waals surface area contributed by atoms with E-state index in [1.807, 2.05) is 0 Å². The average Bonchev–Trinajstić information content (AvgIpc) is 3.47. The molecule has 1 aliphatic rings. The molecule has 7 nitrogen and oxygen atoms in total. The molecule has 2 aromatic heterocycles. The Labute approximate surface area is 213 Å². The van der Waals surface area contributed by atoms with Crippen molar-refractivity contribution in [2.24, 2.45) is 0 Å². The van der Waals surface area contributed by atoms with Gasteiger partial charge in [0.25, 0.3) is 5.91 Å². The zero-order valence-electron chi connectivity index (χ0n) is 18.2. The van der Waals surface area contributed by atoms with Gasteiger partial charge in [0.1, 0.15) is 18.2 Å². The van der Waals surface area contributed by atoms with Crippen molar-refractivity contribution < 1.29 is 31.5 Å². The van der Waals surface area contributed by atoms with Crippen LogP contribution in [0.2, 0.25) is 5.02 Å². The van der Waals surface area contributed by atoms with Crippen molar-refractivity contribution in [1.82, 2.24) is 19.9 Å². The van der Waals surface area contributed by atoms with Gasteiger partial charge in [-0.3, -0.25) is 14.6 Å². The molecule has 2 amide bonds. The fraction of sp³-hybridized carbons (Fsp3) is 0.130. The van der Waals surface area contributed by atoms with Crippen LogP contribution in [0.1, 0.15) is 33.2 Å². The summed E-state index contributed by atoms with van der Waals surface area (Å²) in [7, 11) is 0. The first-order valence-electron chi connectivity index (χ1n) is 10.4. The number of alkyl halides is 3. The van der Waals surface area contributed by atoms with Gasteiger partial charge in [0.15, 0.2) is 11.6 Å². The van der Waals surface area contributed by atoms with E-state index < -0.39 is 46.8 Å². The van der Waals surface area contributed by atoms with E-state index in [1.54, 1.807) is 0 Å². The third-order valence-electron chi connectivity index (χ3n) is 5.53. The summed E-state index contributed by atoms with van der Waals surface area (Å²) >= 11 is 7.48. The molecule has 0 saturated heterocycles. The van der Waals surface area contributed by atoms with Gasteiger partial charge in [-0.1, -0.05) is 11.6 Å². The Hall–Kier alpha value is -3.84. The summed E-state index contributed by atoms with van der Waals surface area (Å²) in [6.45, 7) is -0.229. The van der Waals surface area contributed by atoms with Crippen LogP contribution in [0.4, 0.5) is 27.8 Å². The molecule has 0 spiro atoms. The Morgan fingerprint density at radius 3 is 2.65 bits per heavy atom. The van der Waals surface area contributed by atoms with Crippen molar-refractivity contribution in [3.05, 3.63) is 87.1 Å². The summed E-state index contributed by atoms with van der Waals surface area (Å²) in [6, 6.07) is 3.88. The second kappa shape index (κ2) is 9.23. The summed E-state index contributed by atoms with van der Waals surface area (Å²) < 4.78 is 69.0. The first-order chi connectivity index (χ1) is 17.5. The van der Waals surface area contributed by atoms with Crippen LogP contribution < -0.4 is 10.6 Å². The van der Waals surface area contributed by atoms with Crippen molar-refractivity contribution in [1.29, 1.82) is 0 Å². The lowest BCUT2D eigenvalue weighted by atomic mass is 10.0. The summed E-state index contributed by atoms with van der Waals surface area (Å²) in [5.41, 5.74) is -0.0754. The number of amides is 2. The molecular weight excluding hydrogens is 541 g/mol.